The number of hydrogen-bond donors (Lipinski definition) is 2. The maximum Gasteiger partial charge on any atom is 0.251 e. The van der Waals surface area contributed by atoms with Gasteiger partial charge in [-0.05, 0) is 42.8 Å². The number of carbonyl (C=O) groups is 1. The topological polar surface area (TPSA) is 55.1 Å². The van der Waals surface area contributed by atoms with E-state index in [-0.39, 0.29) is 18.3 Å². The van der Waals surface area contributed by atoms with Gasteiger partial charge in [-0.2, -0.15) is 11.8 Å². The molecule has 0 radical (unpaired) electrons. The fourth-order valence-electron chi connectivity index (χ4n) is 1.55. The fourth-order valence-corrected chi connectivity index (χ4v) is 2.18. The molecule has 3 nitrogen and oxygen atoms in total. The third kappa shape index (κ3) is 7.45. The highest BCUT2D eigenvalue weighted by Gasteiger charge is 2.04. The van der Waals surface area contributed by atoms with Crippen molar-refractivity contribution in [1.82, 2.24) is 5.32 Å². The van der Waals surface area contributed by atoms with Crippen molar-refractivity contribution in [2.24, 2.45) is 5.73 Å². The largest absolute Gasteiger partial charge is 0.352 e. The van der Waals surface area contributed by atoms with Crippen LogP contribution in [0.3, 0.4) is 0 Å². The molecule has 0 fully saturated rings. The lowest BCUT2D eigenvalue weighted by Gasteiger charge is -2.05. The summed E-state index contributed by atoms with van der Waals surface area (Å²) in [6.07, 6.45) is 1.89. The van der Waals surface area contributed by atoms with E-state index in [2.05, 4.69) is 12.2 Å². The van der Waals surface area contributed by atoms with Crippen LogP contribution in [-0.4, -0.2) is 24.7 Å². The number of hydrogen-bond acceptors (Lipinski definition) is 3. The summed E-state index contributed by atoms with van der Waals surface area (Å²) in [6.45, 7) is 3.52. The van der Waals surface area contributed by atoms with E-state index in [1.807, 2.05) is 36.0 Å². The molecule has 0 heterocycles. The first-order valence-electron chi connectivity index (χ1n) is 6.43. The molecule has 0 aliphatic carbocycles. The predicted octanol–water partition coefficient (Wildman–Crippen LogP) is 2.83. The molecule has 1 amide bonds. The Kier molecular flexibility index (Phi) is 10.7. The highest BCUT2D eigenvalue weighted by molar-refractivity contribution is 7.98. The summed E-state index contributed by atoms with van der Waals surface area (Å²) in [5.41, 5.74) is 7.39. The van der Waals surface area contributed by atoms with E-state index < -0.39 is 0 Å². The van der Waals surface area contributed by atoms with Crippen LogP contribution in [0.1, 0.15) is 35.7 Å². The zero-order valence-electron chi connectivity index (χ0n) is 11.4. The monoisotopic (exact) mass is 302 g/mol. The van der Waals surface area contributed by atoms with Gasteiger partial charge in [0, 0.05) is 17.9 Å². The molecule has 1 rings (SSSR count). The summed E-state index contributed by atoms with van der Waals surface area (Å²) in [4.78, 5) is 11.8. The van der Waals surface area contributed by atoms with Crippen molar-refractivity contribution in [2.75, 3.05) is 18.8 Å². The summed E-state index contributed by atoms with van der Waals surface area (Å²) < 4.78 is 0. The molecule has 5 heteroatoms. The normalized spacial score (nSPS) is 9.79. The molecule has 0 spiro atoms. The van der Waals surface area contributed by atoms with Gasteiger partial charge in [-0.25, -0.2) is 0 Å². The predicted molar refractivity (Wildman–Crippen MR) is 86.1 cm³/mol. The lowest BCUT2D eigenvalue weighted by atomic mass is 10.1. The lowest BCUT2D eigenvalue weighted by molar-refractivity contribution is 0.0953. The Labute approximate surface area is 126 Å². The van der Waals surface area contributed by atoms with Crippen molar-refractivity contribution in [3.05, 3.63) is 35.4 Å². The molecule has 0 saturated heterocycles. The van der Waals surface area contributed by atoms with Gasteiger partial charge in [-0.15, -0.1) is 12.4 Å². The van der Waals surface area contributed by atoms with Crippen LogP contribution in [0.5, 0.6) is 0 Å². The molecule has 108 valence electrons. The molecule has 0 atom stereocenters. The summed E-state index contributed by atoms with van der Waals surface area (Å²) in [7, 11) is 0. The number of thioether (sulfide) groups is 1. The summed E-state index contributed by atoms with van der Waals surface area (Å²) >= 11 is 1.88. The minimum atomic E-state index is 0. The molecule has 3 N–H and O–H groups in total. The zero-order valence-corrected chi connectivity index (χ0v) is 13.0. The SMILES string of the molecule is CCSCc1ccc(C(=O)NCCCCN)cc1.Cl. The third-order valence-corrected chi connectivity index (χ3v) is 3.55. The average molecular weight is 303 g/mol. The van der Waals surface area contributed by atoms with Gasteiger partial charge in [0.25, 0.3) is 5.91 Å². The van der Waals surface area contributed by atoms with Crippen LogP contribution in [0.15, 0.2) is 24.3 Å². The minimum Gasteiger partial charge on any atom is -0.352 e. The minimum absolute atomic E-state index is 0. The van der Waals surface area contributed by atoms with E-state index in [1.165, 1.54) is 5.56 Å². The van der Waals surface area contributed by atoms with Crippen LogP contribution in [0, 0.1) is 0 Å². The Bertz CT molecular complexity index is 357. The molecule has 0 aliphatic rings. The number of amides is 1. The number of nitrogens with one attached hydrogen (secondary N) is 1. The Morgan fingerprint density at radius 3 is 2.53 bits per heavy atom. The number of nitrogens with two attached hydrogens (primary N) is 1. The zero-order chi connectivity index (χ0) is 13.2. The molecule has 1 aromatic carbocycles. The molecular formula is C14H23ClN2OS. The summed E-state index contributed by atoms with van der Waals surface area (Å²) in [6, 6.07) is 7.84. The number of unbranched alkanes of at least 4 members (excludes halogenated alkanes) is 1. The van der Waals surface area contributed by atoms with Crippen molar-refractivity contribution in [3.63, 3.8) is 0 Å². The molecule has 0 aromatic heterocycles. The molecular weight excluding hydrogens is 280 g/mol. The van der Waals surface area contributed by atoms with Crippen LogP contribution < -0.4 is 11.1 Å². The first-order valence-corrected chi connectivity index (χ1v) is 7.58. The van der Waals surface area contributed by atoms with Gasteiger partial charge >= 0.3 is 0 Å². The van der Waals surface area contributed by atoms with E-state index >= 15 is 0 Å². The van der Waals surface area contributed by atoms with Crippen molar-refractivity contribution >= 4 is 30.1 Å². The van der Waals surface area contributed by atoms with Gasteiger partial charge in [-0.3, -0.25) is 4.79 Å². The Hall–Kier alpha value is -0.710. The second-order valence-electron chi connectivity index (χ2n) is 4.09. The standard InChI is InChI=1S/C14H22N2OS.ClH/c1-2-18-11-12-5-7-13(8-6-12)14(17)16-10-4-3-9-15;/h5-8H,2-4,9-11,15H2,1H3,(H,16,17);1H. The fraction of sp³-hybridized carbons (Fsp3) is 0.500. The lowest BCUT2D eigenvalue weighted by Crippen LogP contribution is -2.24. The number of rotatable bonds is 8. The first-order chi connectivity index (χ1) is 8.77. The van der Waals surface area contributed by atoms with E-state index in [4.69, 9.17) is 5.73 Å². The maximum atomic E-state index is 11.8. The van der Waals surface area contributed by atoms with Gasteiger partial charge in [-0.1, -0.05) is 19.1 Å². The number of halogens is 1. The number of carbonyl (C=O) groups excluding carboxylic acids is 1. The van der Waals surface area contributed by atoms with Gasteiger partial charge < -0.3 is 11.1 Å². The van der Waals surface area contributed by atoms with E-state index in [0.717, 1.165) is 29.9 Å². The van der Waals surface area contributed by atoms with Crippen LogP contribution >= 0.6 is 24.2 Å². The van der Waals surface area contributed by atoms with Crippen molar-refractivity contribution < 1.29 is 4.79 Å². The van der Waals surface area contributed by atoms with Gasteiger partial charge in [0.2, 0.25) is 0 Å². The maximum absolute atomic E-state index is 11.8. The van der Waals surface area contributed by atoms with E-state index in [9.17, 15) is 4.79 Å². The van der Waals surface area contributed by atoms with E-state index in [1.54, 1.807) is 0 Å². The smallest absolute Gasteiger partial charge is 0.251 e. The van der Waals surface area contributed by atoms with Crippen LogP contribution in [0.25, 0.3) is 0 Å². The van der Waals surface area contributed by atoms with Crippen LogP contribution in [-0.2, 0) is 5.75 Å². The Balaban J connectivity index is 0.00000324. The number of benzene rings is 1. The second-order valence-corrected chi connectivity index (χ2v) is 5.36. The molecule has 0 aliphatic heterocycles. The van der Waals surface area contributed by atoms with Crippen molar-refractivity contribution in [3.8, 4) is 0 Å². The first kappa shape index (κ1) is 18.3. The highest BCUT2D eigenvalue weighted by atomic mass is 35.5. The molecule has 19 heavy (non-hydrogen) atoms. The third-order valence-electron chi connectivity index (χ3n) is 2.61. The van der Waals surface area contributed by atoms with Crippen LogP contribution in [0.2, 0.25) is 0 Å². The Morgan fingerprint density at radius 1 is 1.26 bits per heavy atom. The van der Waals surface area contributed by atoms with Gasteiger partial charge in [0.15, 0.2) is 0 Å². The molecule has 1 aromatic rings. The molecule has 0 bridgehead atoms. The molecule has 0 saturated carbocycles. The Morgan fingerprint density at radius 2 is 1.95 bits per heavy atom. The average Bonchev–Trinajstić information content (AvgIpc) is 2.41. The van der Waals surface area contributed by atoms with Crippen molar-refractivity contribution in [2.45, 2.75) is 25.5 Å². The quantitative estimate of drug-likeness (QED) is 0.726. The van der Waals surface area contributed by atoms with Crippen LogP contribution in [0.4, 0.5) is 0 Å². The van der Waals surface area contributed by atoms with E-state index in [0.29, 0.717) is 13.1 Å². The summed E-state index contributed by atoms with van der Waals surface area (Å²) in [5.74, 6) is 2.12. The van der Waals surface area contributed by atoms with Crippen molar-refractivity contribution in [1.29, 1.82) is 0 Å². The highest BCUT2D eigenvalue weighted by Crippen LogP contribution is 2.12. The molecule has 0 unspecified atom stereocenters. The summed E-state index contributed by atoms with van der Waals surface area (Å²) in [5, 5.41) is 2.90. The van der Waals surface area contributed by atoms with Gasteiger partial charge in [0.1, 0.15) is 0 Å². The second kappa shape index (κ2) is 11.1. The van der Waals surface area contributed by atoms with Gasteiger partial charge in [0.05, 0.1) is 0 Å².